The first-order valence-electron chi connectivity index (χ1n) is 5.02. The molecule has 2 aromatic rings. The van der Waals surface area contributed by atoms with Crippen molar-refractivity contribution in [2.45, 2.75) is 0 Å². The van der Waals surface area contributed by atoms with Crippen molar-refractivity contribution in [2.75, 3.05) is 0 Å². The van der Waals surface area contributed by atoms with E-state index in [-0.39, 0.29) is 11.3 Å². The molecule has 0 atom stereocenters. The van der Waals surface area contributed by atoms with Crippen LogP contribution in [-0.2, 0) is 0 Å². The first kappa shape index (κ1) is 12.8. The third-order valence-corrected chi connectivity index (χ3v) is 3.41. The Morgan fingerprint density at radius 2 is 2.28 bits per heavy atom. The molecule has 1 aromatic carbocycles. The fourth-order valence-electron chi connectivity index (χ4n) is 1.28. The summed E-state index contributed by atoms with van der Waals surface area (Å²) < 4.78 is 0.707. The lowest BCUT2D eigenvalue weighted by molar-refractivity contribution is 0.0952. The Morgan fingerprint density at radius 3 is 2.94 bits per heavy atom. The molecule has 0 saturated heterocycles. The molecule has 0 fully saturated rings. The van der Waals surface area contributed by atoms with Crippen molar-refractivity contribution in [3.05, 3.63) is 50.6 Å². The molecule has 2 N–H and O–H groups in total. The predicted molar refractivity (Wildman–Crippen MR) is 75.2 cm³/mol. The van der Waals surface area contributed by atoms with Gasteiger partial charge in [-0.15, -0.1) is 11.3 Å². The molecule has 18 heavy (non-hydrogen) atoms. The number of hydrazone groups is 1. The summed E-state index contributed by atoms with van der Waals surface area (Å²) in [5.74, 6) is -0.541. The van der Waals surface area contributed by atoms with E-state index in [4.69, 9.17) is 0 Å². The van der Waals surface area contributed by atoms with Gasteiger partial charge in [0.15, 0.2) is 0 Å². The fraction of sp³-hybridized carbons (Fsp3) is 0. The van der Waals surface area contributed by atoms with Gasteiger partial charge < -0.3 is 5.11 Å². The zero-order valence-electron chi connectivity index (χ0n) is 9.13. The van der Waals surface area contributed by atoms with Crippen LogP contribution in [0.2, 0.25) is 0 Å². The van der Waals surface area contributed by atoms with Crippen molar-refractivity contribution in [1.29, 1.82) is 0 Å². The maximum Gasteiger partial charge on any atom is 0.275 e. The molecule has 92 valence electrons. The largest absolute Gasteiger partial charge is 0.507 e. The molecule has 6 heteroatoms. The summed E-state index contributed by atoms with van der Waals surface area (Å²) >= 11 is 4.72. The number of nitrogens with zero attached hydrogens (tertiary/aromatic N) is 1. The van der Waals surface area contributed by atoms with Gasteiger partial charge >= 0.3 is 0 Å². The highest BCUT2D eigenvalue weighted by atomic mass is 79.9. The SMILES string of the molecule is O=C(N/N=C/c1cccs1)c1ccc(Br)cc1O. The minimum atomic E-state index is -0.451. The number of rotatable bonds is 3. The molecule has 0 aliphatic rings. The lowest BCUT2D eigenvalue weighted by atomic mass is 10.2. The van der Waals surface area contributed by atoms with Crippen LogP contribution in [0.1, 0.15) is 15.2 Å². The van der Waals surface area contributed by atoms with Gasteiger partial charge in [0.05, 0.1) is 11.8 Å². The maximum atomic E-state index is 11.7. The van der Waals surface area contributed by atoms with E-state index < -0.39 is 5.91 Å². The Morgan fingerprint density at radius 1 is 1.44 bits per heavy atom. The smallest absolute Gasteiger partial charge is 0.275 e. The third-order valence-electron chi connectivity index (χ3n) is 2.11. The van der Waals surface area contributed by atoms with Crippen LogP contribution in [0.4, 0.5) is 0 Å². The number of nitrogens with one attached hydrogen (secondary N) is 1. The summed E-state index contributed by atoms with van der Waals surface area (Å²) in [5.41, 5.74) is 2.54. The van der Waals surface area contributed by atoms with Gasteiger partial charge in [0, 0.05) is 9.35 Å². The van der Waals surface area contributed by atoms with Crippen LogP contribution < -0.4 is 5.43 Å². The number of hydrogen-bond donors (Lipinski definition) is 2. The summed E-state index contributed by atoms with van der Waals surface area (Å²) in [6, 6.07) is 8.44. The van der Waals surface area contributed by atoms with E-state index in [1.54, 1.807) is 12.3 Å². The molecule has 0 bridgehead atoms. The summed E-state index contributed by atoms with van der Waals surface area (Å²) in [7, 11) is 0. The second-order valence-corrected chi connectivity index (χ2v) is 5.27. The monoisotopic (exact) mass is 324 g/mol. The number of hydrogen-bond acceptors (Lipinski definition) is 4. The van der Waals surface area contributed by atoms with E-state index >= 15 is 0 Å². The van der Waals surface area contributed by atoms with Gasteiger partial charge in [0.25, 0.3) is 5.91 Å². The molecular weight excluding hydrogens is 316 g/mol. The molecule has 0 saturated carbocycles. The number of amides is 1. The van der Waals surface area contributed by atoms with E-state index in [2.05, 4.69) is 26.5 Å². The lowest BCUT2D eigenvalue weighted by Crippen LogP contribution is -2.17. The first-order chi connectivity index (χ1) is 8.66. The second-order valence-electron chi connectivity index (χ2n) is 3.38. The number of thiophene rings is 1. The van der Waals surface area contributed by atoms with Gasteiger partial charge in [-0.1, -0.05) is 22.0 Å². The highest BCUT2D eigenvalue weighted by Gasteiger charge is 2.09. The fourth-order valence-corrected chi connectivity index (χ4v) is 2.21. The van der Waals surface area contributed by atoms with Crippen molar-refractivity contribution in [3.8, 4) is 5.75 Å². The molecule has 4 nitrogen and oxygen atoms in total. The molecule has 1 aromatic heterocycles. The number of phenols is 1. The van der Waals surface area contributed by atoms with Crippen LogP contribution >= 0.6 is 27.3 Å². The Bertz CT molecular complexity index is 582. The van der Waals surface area contributed by atoms with E-state index in [9.17, 15) is 9.90 Å². The molecule has 2 rings (SSSR count). The van der Waals surface area contributed by atoms with Crippen LogP contribution in [0.15, 0.2) is 45.3 Å². The highest BCUT2D eigenvalue weighted by molar-refractivity contribution is 9.10. The number of phenolic OH excluding ortho intramolecular Hbond substituents is 1. The van der Waals surface area contributed by atoms with Crippen LogP contribution in [-0.4, -0.2) is 17.2 Å². The number of carbonyl (C=O) groups is 1. The Labute approximate surface area is 116 Å². The van der Waals surface area contributed by atoms with Crippen LogP contribution in [0.25, 0.3) is 0 Å². The summed E-state index contributed by atoms with van der Waals surface area (Å²) in [4.78, 5) is 12.6. The highest BCUT2D eigenvalue weighted by Crippen LogP contribution is 2.21. The third kappa shape index (κ3) is 3.18. The van der Waals surface area contributed by atoms with Crippen molar-refractivity contribution in [1.82, 2.24) is 5.43 Å². The second kappa shape index (κ2) is 5.79. The standard InChI is InChI=1S/C12H9BrN2O2S/c13-8-3-4-10(11(16)6-8)12(17)15-14-7-9-2-1-5-18-9/h1-7,16H,(H,15,17)/b14-7+. The zero-order valence-corrected chi connectivity index (χ0v) is 11.5. The van der Waals surface area contributed by atoms with E-state index in [0.29, 0.717) is 4.47 Å². The van der Waals surface area contributed by atoms with Crippen LogP contribution in [0, 0.1) is 0 Å². The zero-order chi connectivity index (χ0) is 13.0. The number of halogens is 1. The Balaban J connectivity index is 2.04. The molecule has 0 radical (unpaired) electrons. The predicted octanol–water partition coefficient (Wildman–Crippen LogP) is 2.98. The van der Waals surface area contributed by atoms with Crippen LogP contribution in [0.5, 0.6) is 5.75 Å². The molecule has 0 unspecified atom stereocenters. The molecule has 1 amide bonds. The summed E-state index contributed by atoms with van der Waals surface area (Å²) in [5, 5.41) is 15.3. The van der Waals surface area contributed by atoms with E-state index in [1.807, 2.05) is 17.5 Å². The van der Waals surface area contributed by atoms with Crippen molar-refractivity contribution < 1.29 is 9.90 Å². The van der Waals surface area contributed by atoms with Gasteiger partial charge in [-0.05, 0) is 29.6 Å². The average molecular weight is 325 g/mol. The minimum absolute atomic E-state index is 0.0896. The Hall–Kier alpha value is -1.66. The Kier molecular flexibility index (Phi) is 4.11. The molecule has 0 spiro atoms. The van der Waals surface area contributed by atoms with Crippen molar-refractivity contribution in [2.24, 2.45) is 5.10 Å². The number of carbonyl (C=O) groups excluding carboxylic acids is 1. The quantitative estimate of drug-likeness (QED) is 0.673. The number of benzene rings is 1. The van der Waals surface area contributed by atoms with Gasteiger partial charge in [0.2, 0.25) is 0 Å². The van der Waals surface area contributed by atoms with E-state index in [1.165, 1.54) is 23.5 Å². The van der Waals surface area contributed by atoms with Gasteiger partial charge in [-0.3, -0.25) is 4.79 Å². The first-order valence-corrected chi connectivity index (χ1v) is 6.69. The summed E-state index contributed by atoms with van der Waals surface area (Å²) in [6.45, 7) is 0. The maximum absolute atomic E-state index is 11.7. The average Bonchev–Trinajstić information content (AvgIpc) is 2.81. The normalized spacial score (nSPS) is 10.7. The lowest BCUT2D eigenvalue weighted by Gasteiger charge is -2.02. The molecule has 0 aliphatic carbocycles. The summed E-state index contributed by atoms with van der Waals surface area (Å²) in [6.07, 6.45) is 1.55. The number of aromatic hydroxyl groups is 1. The molecule has 0 aliphatic heterocycles. The minimum Gasteiger partial charge on any atom is -0.507 e. The topological polar surface area (TPSA) is 61.7 Å². The molecular formula is C12H9BrN2O2S. The van der Waals surface area contributed by atoms with Crippen molar-refractivity contribution >= 4 is 39.4 Å². The van der Waals surface area contributed by atoms with Gasteiger partial charge in [0.1, 0.15) is 5.75 Å². The van der Waals surface area contributed by atoms with Crippen LogP contribution in [0.3, 0.4) is 0 Å². The van der Waals surface area contributed by atoms with E-state index in [0.717, 1.165) is 4.88 Å². The molecule has 1 heterocycles. The van der Waals surface area contributed by atoms with Gasteiger partial charge in [-0.2, -0.15) is 5.10 Å². The van der Waals surface area contributed by atoms with Gasteiger partial charge in [-0.25, -0.2) is 5.43 Å². The van der Waals surface area contributed by atoms with Crippen molar-refractivity contribution in [3.63, 3.8) is 0 Å².